The Labute approximate surface area is 147 Å². The number of hydrogen-bond donors (Lipinski definition) is 2. The molecule has 0 spiro atoms. The second kappa shape index (κ2) is 7.51. The van der Waals surface area contributed by atoms with E-state index in [0.29, 0.717) is 12.0 Å². The van der Waals surface area contributed by atoms with Gasteiger partial charge in [0.1, 0.15) is 0 Å². The maximum atomic E-state index is 12.3. The van der Waals surface area contributed by atoms with Gasteiger partial charge in [-0.1, -0.05) is 0 Å². The van der Waals surface area contributed by atoms with Crippen LogP contribution in [-0.2, 0) is 4.74 Å². The van der Waals surface area contributed by atoms with Gasteiger partial charge in [-0.25, -0.2) is 0 Å². The average Bonchev–Trinajstić information content (AvgIpc) is 3.45. The van der Waals surface area contributed by atoms with Crippen LogP contribution in [0.15, 0.2) is 11.4 Å². The van der Waals surface area contributed by atoms with Crippen LogP contribution >= 0.6 is 23.7 Å². The second-order valence-corrected chi connectivity index (χ2v) is 7.84. The van der Waals surface area contributed by atoms with Crippen molar-refractivity contribution in [1.82, 2.24) is 10.6 Å². The molecule has 0 radical (unpaired) electrons. The molecule has 128 valence electrons. The van der Waals surface area contributed by atoms with Crippen molar-refractivity contribution in [3.63, 3.8) is 0 Å². The van der Waals surface area contributed by atoms with Crippen LogP contribution in [0.3, 0.4) is 0 Å². The SMILES string of the molecule is Cl.O=C(NC1CCOCC1)c1csc([C@@H]2C[C@H]2NCC2CC2)c1. The molecular weight excluding hydrogens is 332 g/mol. The lowest BCUT2D eigenvalue weighted by Crippen LogP contribution is -2.38. The third-order valence-corrected chi connectivity index (χ3v) is 6.02. The van der Waals surface area contributed by atoms with E-state index in [9.17, 15) is 4.79 Å². The third-order valence-electron chi connectivity index (χ3n) is 4.96. The van der Waals surface area contributed by atoms with E-state index in [1.165, 1.54) is 30.7 Å². The Hall–Kier alpha value is -0.620. The molecule has 0 unspecified atom stereocenters. The molecule has 0 aromatic carbocycles. The van der Waals surface area contributed by atoms with Crippen LogP contribution in [0.25, 0.3) is 0 Å². The van der Waals surface area contributed by atoms with E-state index >= 15 is 0 Å². The Morgan fingerprint density at radius 3 is 2.78 bits per heavy atom. The molecule has 1 aromatic heterocycles. The Kier molecular flexibility index (Phi) is 5.62. The number of nitrogens with one attached hydrogen (secondary N) is 2. The minimum atomic E-state index is 0. The predicted octanol–water partition coefficient (Wildman–Crippen LogP) is 2.93. The Morgan fingerprint density at radius 2 is 2.04 bits per heavy atom. The highest BCUT2D eigenvalue weighted by atomic mass is 35.5. The molecule has 1 aromatic rings. The lowest BCUT2D eigenvalue weighted by Gasteiger charge is -2.22. The van der Waals surface area contributed by atoms with E-state index < -0.39 is 0 Å². The summed E-state index contributed by atoms with van der Waals surface area (Å²) in [6.45, 7) is 2.70. The fraction of sp³-hybridized carbons (Fsp3) is 0.706. The fourth-order valence-electron chi connectivity index (χ4n) is 3.15. The Bertz CT molecular complexity index is 540. The molecule has 1 amide bonds. The summed E-state index contributed by atoms with van der Waals surface area (Å²) in [6, 6.07) is 3.02. The van der Waals surface area contributed by atoms with E-state index in [1.54, 1.807) is 11.3 Å². The standard InChI is InChI=1S/C17H24N2O2S.ClH/c20-17(19-13-3-5-21-6-4-13)12-7-16(22-10-12)14-8-15(14)18-9-11-1-2-11;/h7,10-11,13-15,18H,1-6,8-9H2,(H,19,20);1H/t14-,15-;/m1./s1. The van der Waals surface area contributed by atoms with Gasteiger partial charge in [-0.05, 0) is 50.6 Å². The second-order valence-electron chi connectivity index (χ2n) is 6.90. The highest BCUT2D eigenvalue weighted by molar-refractivity contribution is 7.10. The molecular formula is C17H25ClN2O2S. The number of carbonyl (C=O) groups excluding carboxylic acids is 1. The zero-order valence-corrected chi connectivity index (χ0v) is 14.9. The molecule has 23 heavy (non-hydrogen) atoms. The highest BCUT2D eigenvalue weighted by Gasteiger charge is 2.40. The number of hydrogen-bond acceptors (Lipinski definition) is 4. The van der Waals surface area contributed by atoms with Crippen LogP contribution in [0.4, 0.5) is 0 Å². The van der Waals surface area contributed by atoms with Gasteiger partial charge in [0.15, 0.2) is 0 Å². The van der Waals surface area contributed by atoms with Crippen molar-refractivity contribution < 1.29 is 9.53 Å². The third kappa shape index (κ3) is 4.47. The molecule has 4 rings (SSSR count). The smallest absolute Gasteiger partial charge is 0.252 e. The molecule has 2 N–H and O–H groups in total. The van der Waals surface area contributed by atoms with Gasteiger partial charge in [0.05, 0.1) is 5.56 Å². The fourth-order valence-corrected chi connectivity index (χ4v) is 4.22. The number of halogens is 1. The van der Waals surface area contributed by atoms with Gasteiger partial charge in [0.2, 0.25) is 0 Å². The summed E-state index contributed by atoms with van der Waals surface area (Å²) in [7, 11) is 0. The first-order valence-electron chi connectivity index (χ1n) is 8.50. The Morgan fingerprint density at radius 1 is 1.26 bits per heavy atom. The summed E-state index contributed by atoms with van der Waals surface area (Å²) in [6.07, 6.45) is 5.89. The minimum absolute atomic E-state index is 0. The summed E-state index contributed by atoms with van der Waals surface area (Å²) in [5.41, 5.74) is 0.833. The first kappa shape index (κ1) is 17.2. The van der Waals surface area contributed by atoms with Gasteiger partial charge in [-0.2, -0.15) is 0 Å². The number of carbonyl (C=O) groups is 1. The van der Waals surface area contributed by atoms with Gasteiger partial charge in [-0.15, -0.1) is 23.7 Å². The van der Waals surface area contributed by atoms with Crippen LogP contribution < -0.4 is 10.6 Å². The van der Waals surface area contributed by atoms with Gasteiger partial charge >= 0.3 is 0 Å². The maximum Gasteiger partial charge on any atom is 0.252 e. The van der Waals surface area contributed by atoms with E-state index in [4.69, 9.17) is 4.74 Å². The van der Waals surface area contributed by atoms with Crippen molar-refractivity contribution in [1.29, 1.82) is 0 Å². The van der Waals surface area contributed by atoms with Crippen LogP contribution in [0.2, 0.25) is 0 Å². The molecule has 3 fully saturated rings. The maximum absolute atomic E-state index is 12.3. The van der Waals surface area contributed by atoms with Gasteiger partial charge < -0.3 is 15.4 Å². The molecule has 1 aliphatic heterocycles. The lowest BCUT2D eigenvalue weighted by molar-refractivity contribution is 0.0696. The normalized spacial score (nSPS) is 27.3. The number of rotatable bonds is 6. The molecule has 2 saturated carbocycles. The summed E-state index contributed by atoms with van der Waals surface area (Å²) >= 11 is 1.74. The van der Waals surface area contributed by atoms with Gasteiger partial charge in [0.25, 0.3) is 5.91 Å². The van der Waals surface area contributed by atoms with Crippen LogP contribution in [0.1, 0.15) is 53.3 Å². The molecule has 2 heterocycles. The number of amides is 1. The zero-order chi connectivity index (χ0) is 14.9. The molecule has 1 saturated heterocycles. The summed E-state index contributed by atoms with van der Waals surface area (Å²) < 4.78 is 5.33. The monoisotopic (exact) mass is 356 g/mol. The summed E-state index contributed by atoms with van der Waals surface area (Å²) in [5, 5.41) is 8.82. The van der Waals surface area contributed by atoms with E-state index in [2.05, 4.69) is 16.7 Å². The van der Waals surface area contributed by atoms with Crippen LogP contribution in [-0.4, -0.2) is 37.7 Å². The Balaban J connectivity index is 0.00000156. The quantitative estimate of drug-likeness (QED) is 0.824. The van der Waals surface area contributed by atoms with Crippen molar-refractivity contribution in [2.45, 2.75) is 50.1 Å². The van der Waals surface area contributed by atoms with Crippen molar-refractivity contribution in [2.24, 2.45) is 5.92 Å². The number of thiophene rings is 1. The van der Waals surface area contributed by atoms with Crippen molar-refractivity contribution in [2.75, 3.05) is 19.8 Å². The van der Waals surface area contributed by atoms with E-state index in [1.807, 2.05) is 5.38 Å². The van der Waals surface area contributed by atoms with Crippen molar-refractivity contribution in [3.05, 3.63) is 21.9 Å². The molecule has 6 heteroatoms. The average molecular weight is 357 g/mol. The molecule has 0 bridgehead atoms. The van der Waals surface area contributed by atoms with Crippen LogP contribution in [0.5, 0.6) is 0 Å². The predicted molar refractivity (Wildman–Crippen MR) is 94.7 cm³/mol. The zero-order valence-electron chi connectivity index (χ0n) is 13.3. The summed E-state index contributed by atoms with van der Waals surface area (Å²) in [5.74, 6) is 1.65. The lowest BCUT2D eigenvalue weighted by atomic mass is 10.1. The number of ether oxygens (including phenoxy) is 1. The van der Waals surface area contributed by atoms with E-state index in [-0.39, 0.29) is 24.4 Å². The van der Waals surface area contributed by atoms with Gasteiger partial charge in [-0.3, -0.25) is 4.79 Å². The van der Waals surface area contributed by atoms with Crippen LogP contribution in [0, 0.1) is 5.92 Å². The highest BCUT2D eigenvalue weighted by Crippen LogP contribution is 2.44. The molecule has 2 aliphatic carbocycles. The largest absolute Gasteiger partial charge is 0.381 e. The minimum Gasteiger partial charge on any atom is -0.381 e. The molecule has 2 atom stereocenters. The van der Waals surface area contributed by atoms with Crippen molar-refractivity contribution >= 4 is 29.7 Å². The first-order chi connectivity index (χ1) is 10.8. The van der Waals surface area contributed by atoms with Crippen molar-refractivity contribution in [3.8, 4) is 0 Å². The topological polar surface area (TPSA) is 50.4 Å². The summed E-state index contributed by atoms with van der Waals surface area (Å²) in [4.78, 5) is 13.7. The molecule has 3 aliphatic rings. The van der Waals surface area contributed by atoms with Gasteiger partial charge in [0, 0.05) is 41.5 Å². The first-order valence-corrected chi connectivity index (χ1v) is 9.38. The van der Waals surface area contributed by atoms with E-state index in [0.717, 1.165) is 37.5 Å². The molecule has 4 nitrogen and oxygen atoms in total.